The normalized spacial score (nSPS) is 11.0. The number of amides is 1. The summed E-state index contributed by atoms with van der Waals surface area (Å²) >= 11 is 0. The van der Waals surface area contributed by atoms with Crippen molar-refractivity contribution >= 4 is 5.91 Å². The molecule has 0 atom stereocenters. The van der Waals surface area contributed by atoms with Crippen molar-refractivity contribution in [3.05, 3.63) is 83.2 Å². The largest absolute Gasteiger partial charge is 0.356 e. The summed E-state index contributed by atoms with van der Waals surface area (Å²) in [4.78, 5) is 25.8. The van der Waals surface area contributed by atoms with Crippen LogP contribution in [0.15, 0.2) is 59.4 Å². The summed E-state index contributed by atoms with van der Waals surface area (Å²) in [6, 6.07) is 13.4. The van der Waals surface area contributed by atoms with Gasteiger partial charge >= 0.3 is 0 Å². The highest BCUT2D eigenvalue weighted by atomic mass is 16.5. The van der Waals surface area contributed by atoms with Crippen molar-refractivity contribution in [2.45, 2.75) is 40.2 Å². The van der Waals surface area contributed by atoms with Gasteiger partial charge in [0.05, 0.1) is 22.5 Å². The molecule has 32 heavy (non-hydrogen) atoms. The lowest BCUT2D eigenvalue weighted by Crippen LogP contribution is -2.22. The van der Waals surface area contributed by atoms with Gasteiger partial charge in [0.2, 0.25) is 0 Å². The third kappa shape index (κ3) is 4.72. The number of nitrogens with one attached hydrogen (secondary N) is 1. The first-order valence-corrected chi connectivity index (χ1v) is 10.5. The van der Waals surface area contributed by atoms with Crippen molar-refractivity contribution in [2.24, 2.45) is 0 Å². The molecule has 1 N–H and O–H groups in total. The summed E-state index contributed by atoms with van der Waals surface area (Å²) in [5, 5.41) is 6.92. The van der Waals surface area contributed by atoms with Crippen molar-refractivity contribution in [2.75, 3.05) is 0 Å². The van der Waals surface area contributed by atoms with Gasteiger partial charge in [-0.05, 0) is 31.5 Å². The van der Waals surface area contributed by atoms with Crippen LogP contribution in [-0.2, 0) is 6.54 Å². The van der Waals surface area contributed by atoms with Crippen LogP contribution in [0.2, 0.25) is 0 Å². The molecule has 4 aromatic rings. The molecule has 162 valence electrons. The Bertz CT molecular complexity index is 1230. The van der Waals surface area contributed by atoms with Crippen LogP contribution in [0, 0.1) is 13.8 Å². The van der Waals surface area contributed by atoms with Crippen LogP contribution >= 0.6 is 0 Å². The van der Waals surface area contributed by atoms with Gasteiger partial charge in [-0.15, -0.1) is 0 Å². The summed E-state index contributed by atoms with van der Waals surface area (Å²) in [5.41, 5.74) is 5.73. The lowest BCUT2D eigenvalue weighted by Gasteiger charge is -2.11. The van der Waals surface area contributed by atoms with Gasteiger partial charge in [0.1, 0.15) is 5.82 Å². The molecule has 0 radical (unpaired) electrons. The molecule has 3 heterocycles. The van der Waals surface area contributed by atoms with E-state index >= 15 is 0 Å². The van der Waals surface area contributed by atoms with Crippen LogP contribution < -0.4 is 5.32 Å². The Morgan fingerprint density at radius 2 is 1.78 bits per heavy atom. The van der Waals surface area contributed by atoms with Crippen LogP contribution in [0.4, 0.5) is 0 Å². The van der Waals surface area contributed by atoms with Gasteiger partial charge in [-0.3, -0.25) is 9.78 Å². The number of hydrogen-bond donors (Lipinski definition) is 1. The fraction of sp³-hybridized carbons (Fsp3) is 0.240. The van der Waals surface area contributed by atoms with Crippen molar-refractivity contribution in [1.29, 1.82) is 0 Å². The first-order chi connectivity index (χ1) is 15.4. The molecule has 0 aliphatic carbocycles. The molecule has 0 bridgehead atoms. The van der Waals surface area contributed by atoms with E-state index in [1.807, 2.05) is 50.2 Å². The highest BCUT2D eigenvalue weighted by molar-refractivity contribution is 5.93. The van der Waals surface area contributed by atoms with Gasteiger partial charge in [-0.25, -0.2) is 9.97 Å². The lowest BCUT2D eigenvalue weighted by atomic mass is 10.0. The van der Waals surface area contributed by atoms with Gasteiger partial charge in [0, 0.05) is 42.2 Å². The minimum atomic E-state index is -0.151. The number of aromatic nitrogens is 4. The fourth-order valence-corrected chi connectivity index (χ4v) is 3.23. The molecule has 0 aliphatic heterocycles. The first-order valence-electron chi connectivity index (χ1n) is 10.5. The molecule has 1 amide bonds. The van der Waals surface area contributed by atoms with E-state index in [0.29, 0.717) is 17.9 Å². The molecular weight excluding hydrogens is 402 g/mol. The van der Waals surface area contributed by atoms with Crippen LogP contribution in [0.25, 0.3) is 22.6 Å². The van der Waals surface area contributed by atoms with Crippen molar-refractivity contribution in [3.63, 3.8) is 0 Å². The quantitative estimate of drug-likeness (QED) is 0.472. The average Bonchev–Trinajstić information content (AvgIpc) is 3.24. The van der Waals surface area contributed by atoms with E-state index in [2.05, 4.69) is 34.3 Å². The maximum absolute atomic E-state index is 12.3. The van der Waals surface area contributed by atoms with Crippen LogP contribution in [0.1, 0.15) is 52.9 Å². The maximum atomic E-state index is 12.3. The maximum Gasteiger partial charge on any atom is 0.253 e. The summed E-state index contributed by atoms with van der Waals surface area (Å²) in [6.45, 7) is 8.31. The van der Waals surface area contributed by atoms with Crippen molar-refractivity contribution < 1.29 is 9.32 Å². The van der Waals surface area contributed by atoms with E-state index in [9.17, 15) is 4.79 Å². The Hall–Kier alpha value is -3.87. The number of nitrogens with zero attached hydrogens (tertiary/aromatic N) is 4. The average molecular weight is 428 g/mol. The van der Waals surface area contributed by atoms with Gasteiger partial charge < -0.3 is 9.84 Å². The summed E-state index contributed by atoms with van der Waals surface area (Å²) in [6.07, 6.45) is 3.38. The number of carbonyl (C=O) groups excluding carboxylic acids is 1. The molecular formula is C25H25N5O2. The topological polar surface area (TPSA) is 93.8 Å². The molecule has 1 aromatic carbocycles. The summed E-state index contributed by atoms with van der Waals surface area (Å²) in [5.74, 6) is 1.45. The van der Waals surface area contributed by atoms with E-state index in [1.54, 1.807) is 18.5 Å². The Morgan fingerprint density at radius 3 is 2.41 bits per heavy atom. The minimum absolute atomic E-state index is 0.151. The van der Waals surface area contributed by atoms with Gasteiger partial charge in [0.25, 0.3) is 5.91 Å². The molecule has 0 unspecified atom stereocenters. The Balaban J connectivity index is 1.56. The number of aryl methyl sites for hydroxylation is 2. The number of pyridine rings is 1. The molecule has 7 heteroatoms. The van der Waals surface area contributed by atoms with Gasteiger partial charge in [-0.1, -0.05) is 43.3 Å². The molecule has 7 nitrogen and oxygen atoms in total. The number of carbonyl (C=O) groups is 1. The van der Waals surface area contributed by atoms with E-state index in [0.717, 1.165) is 39.6 Å². The van der Waals surface area contributed by atoms with Crippen molar-refractivity contribution in [3.8, 4) is 22.6 Å². The monoisotopic (exact) mass is 427 g/mol. The SMILES string of the molecule is Cc1ccc(C(=O)NCc2ccc(-c3nc(C(C)C)ncc3-c3cc(C)no3)cc2)cn1. The second-order valence-electron chi connectivity index (χ2n) is 8.05. The van der Waals surface area contributed by atoms with Gasteiger partial charge in [-0.2, -0.15) is 0 Å². The second kappa shape index (κ2) is 9.09. The van der Waals surface area contributed by atoms with E-state index in [-0.39, 0.29) is 11.8 Å². The number of rotatable bonds is 6. The highest BCUT2D eigenvalue weighted by Gasteiger charge is 2.16. The van der Waals surface area contributed by atoms with Crippen LogP contribution in [-0.4, -0.2) is 26.0 Å². The predicted octanol–water partition coefficient (Wildman–Crippen LogP) is 4.86. The number of benzene rings is 1. The zero-order valence-electron chi connectivity index (χ0n) is 18.6. The van der Waals surface area contributed by atoms with E-state index in [1.165, 1.54) is 0 Å². The second-order valence-corrected chi connectivity index (χ2v) is 8.05. The fourth-order valence-electron chi connectivity index (χ4n) is 3.23. The van der Waals surface area contributed by atoms with E-state index < -0.39 is 0 Å². The first kappa shape index (κ1) is 21.4. The molecule has 0 saturated carbocycles. The smallest absolute Gasteiger partial charge is 0.253 e. The molecule has 3 aromatic heterocycles. The minimum Gasteiger partial charge on any atom is -0.356 e. The third-order valence-corrected chi connectivity index (χ3v) is 5.07. The lowest BCUT2D eigenvalue weighted by molar-refractivity contribution is 0.0950. The van der Waals surface area contributed by atoms with E-state index in [4.69, 9.17) is 9.51 Å². The summed E-state index contributed by atoms with van der Waals surface area (Å²) in [7, 11) is 0. The zero-order valence-corrected chi connectivity index (χ0v) is 18.6. The molecule has 4 rings (SSSR count). The Kier molecular flexibility index (Phi) is 6.07. The standard InChI is InChI=1S/C25H25N5O2/c1-15(2)24-27-14-21(22-11-17(4)30-32-22)23(29-24)19-9-6-18(7-10-19)12-28-25(31)20-8-5-16(3)26-13-20/h5-11,13-15H,12H2,1-4H3,(H,28,31). The van der Waals surface area contributed by atoms with Gasteiger partial charge in [0.15, 0.2) is 5.76 Å². The van der Waals surface area contributed by atoms with Crippen molar-refractivity contribution in [1.82, 2.24) is 25.4 Å². The third-order valence-electron chi connectivity index (χ3n) is 5.07. The van der Waals surface area contributed by atoms with Crippen LogP contribution in [0.5, 0.6) is 0 Å². The Labute approximate surface area is 186 Å². The number of hydrogen-bond acceptors (Lipinski definition) is 6. The Morgan fingerprint density at radius 1 is 1.00 bits per heavy atom. The molecule has 0 aliphatic rings. The predicted molar refractivity (Wildman–Crippen MR) is 122 cm³/mol. The molecule has 0 spiro atoms. The van der Waals surface area contributed by atoms with Crippen LogP contribution in [0.3, 0.4) is 0 Å². The molecule has 0 saturated heterocycles. The summed E-state index contributed by atoms with van der Waals surface area (Å²) < 4.78 is 5.47. The highest BCUT2D eigenvalue weighted by Crippen LogP contribution is 2.31. The zero-order chi connectivity index (χ0) is 22.7. The molecule has 0 fully saturated rings.